The first-order valence-corrected chi connectivity index (χ1v) is 7.72. The fraction of sp³-hybridized carbons (Fsp3) is 0.444. The Morgan fingerprint density at radius 1 is 1.35 bits per heavy atom. The molecule has 1 heterocycles. The normalized spacial score (nSPS) is 12.9. The van der Waals surface area contributed by atoms with Crippen molar-refractivity contribution >= 4 is 16.7 Å². The maximum absolute atomic E-state index is 12.6. The molecule has 0 saturated carbocycles. The van der Waals surface area contributed by atoms with Gasteiger partial charge >= 0.3 is 0 Å². The molecule has 2 aromatic rings. The van der Waals surface area contributed by atoms with E-state index in [2.05, 4.69) is 10.3 Å². The topological polar surface area (TPSA) is 71.5 Å². The van der Waals surface area contributed by atoms with Crippen LogP contribution in [0.25, 0.3) is 10.8 Å². The van der Waals surface area contributed by atoms with Crippen LogP contribution in [0.4, 0.5) is 0 Å². The lowest BCUT2D eigenvalue weighted by molar-refractivity contribution is 0.0879. The smallest absolute Gasteiger partial charge is 0.270 e. The Labute approximate surface area is 136 Å². The lowest BCUT2D eigenvalue weighted by atomic mass is 9.85. The van der Waals surface area contributed by atoms with Crippen LogP contribution in [0.1, 0.15) is 37.7 Å². The van der Waals surface area contributed by atoms with Gasteiger partial charge in [-0.1, -0.05) is 39.0 Å². The second-order valence-corrected chi connectivity index (χ2v) is 6.64. The van der Waals surface area contributed by atoms with E-state index in [1.54, 1.807) is 13.2 Å². The highest BCUT2D eigenvalue weighted by atomic mass is 16.5. The zero-order valence-electron chi connectivity index (χ0n) is 14.1. The SMILES string of the molecule is COc1nc(C(=O)NC(CCO)C(C)(C)C)cc2ccccc12. The van der Waals surface area contributed by atoms with E-state index >= 15 is 0 Å². The van der Waals surface area contributed by atoms with Gasteiger partial charge in [0.1, 0.15) is 5.69 Å². The number of carbonyl (C=O) groups excluding carboxylic acids is 1. The van der Waals surface area contributed by atoms with E-state index in [0.29, 0.717) is 18.0 Å². The van der Waals surface area contributed by atoms with Crippen molar-refractivity contribution in [2.75, 3.05) is 13.7 Å². The molecule has 0 saturated heterocycles. The van der Waals surface area contributed by atoms with Crippen LogP contribution in [-0.4, -0.2) is 35.8 Å². The zero-order chi connectivity index (χ0) is 17.0. The molecule has 0 bridgehead atoms. The summed E-state index contributed by atoms with van der Waals surface area (Å²) in [6.07, 6.45) is 0.500. The number of fused-ring (bicyclic) bond motifs is 1. The number of ether oxygens (including phenoxy) is 1. The third kappa shape index (κ3) is 3.99. The minimum absolute atomic E-state index is 0.0245. The molecule has 0 fully saturated rings. The van der Waals surface area contributed by atoms with Crippen molar-refractivity contribution in [3.63, 3.8) is 0 Å². The van der Waals surface area contributed by atoms with Crippen molar-refractivity contribution < 1.29 is 14.6 Å². The van der Waals surface area contributed by atoms with Gasteiger partial charge in [-0.3, -0.25) is 4.79 Å². The number of aliphatic hydroxyl groups is 1. The van der Waals surface area contributed by atoms with Gasteiger partial charge < -0.3 is 15.2 Å². The summed E-state index contributed by atoms with van der Waals surface area (Å²) in [4.78, 5) is 16.9. The molecule has 2 N–H and O–H groups in total. The largest absolute Gasteiger partial charge is 0.481 e. The van der Waals surface area contributed by atoms with Gasteiger partial charge in [-0.15, -0.1) is 0 Å². The zero-order valence-corrected chi connectivity index (χ0v) is 14.1. The Morgan fingerprint density at radius 3 is 2.65 bits per heavy atom. The molecule has 23 heavy (non-hydrogen) atoms. The summed E-state index contributed by atoms with van der Waals surface area (Å²) in [6.45, 7) is 6.11. The predicted molar refractivity (Wildman–Crippen MR) is 90.7 cm³/mol. The van der Waals surface area contributed by atoms with Gasteiger partial charge in [0.15, 0.2) is 0 Å². The first-order chi connectivity index (χ1) is 10.9. The minimum atomic E-state index is -0.262. The van der Waals surface area contributed by atoms with Gasteiger partial charge in [0.25, 0.3) is 5.91 Å². The quantitative estimate of drug-likeness (QED) is 0.890. The molecule has 0 aliphatic carbocycles. The van der Waals surface area contributed by atoms with Gasteiger partial charge in [-0.25, -0.2) is 4.98 Å². The van der Waals surface area contributed by atoms with Gasteiger partial charge in [-0.2, -0.15) is 0 Å². The minimum Gasteiger partial charge on any atom is -0.481 e. The summed E-state index contributed by atoms with van der Waals surface area (Å²) in [5, 5.41) is 14.0. The fourth-order valence-corrected chi connectivity index (χ4v) is 2.52. The summed E-state index contributed by atoms with van der Waals surface area (Å²) in [6, 6.07) is 9.26. The Balaban J connectivity index is 2.33. The molecule has 0 radical (unpaired) electrons. The van der Waals surface area contributed by atoms with Gasteiger partial charge in [0.2, 0.25) is 5.88 Å². The molecular weight excluding hydrogens is 292 g/mol. The van der Waals surface area contributed by atoms with Crippen LogP contribution in [0, 0.1) is 5.41 Å². The molecular formula is C18H24N2O3. The van der Waals surface area contributed by atoms with Gasteiger partial charge in [-0.05, 0) is 29.4 Å². The second-order valence-electron chi connectivity index (χ2n) is 6.64. The highest BCUT2D eigenvalue weighted by Crippen LogP contribution is 2.25. The van der Waals surface area contributed by atoms with E-state index in [4.69, 9.17) is 4.74 Å². The third-order valence-electron chi connectivity index (χ3n) is 3.90. The number of carbonyl (C=O) groups is 1. The molecule has 1 unspecified atom stereocenters. The molecule has 0 aliphatic rings. The van der Waals surface area contributed by atoms with Crippen LogP contribution >= 0.6 is 0 Å². The molecule has 0 aliphatic heterocycles. The molecule has 2 rings (SSSR count). The van der Waals surface area contributed by atoms with E-state index in [9.17, 15) is 9.90 Å². The van der Waals surface area contributed by atoms with Crippen molar-refractivity contribution in [1.82, 2.24) is 10.3 Å². The number of methoxy groups -OCH3 is 1. The monoisotopic (exact) mass is 316 g/mol. The van der Waals surface area contributed by atoms with E-state index < -0.39 is 0 Å². The summed E-state index contributed by atoms with van der Waals surface area (Å²) in [5.41, 5.74) is 0.159. The van der Waals surface area contributed by atoms with Crippen LogP contribution in [-0.2, 0) is 0 Å². The number of benzene rings is 1. The third-order valence-corrected chi connectivity index (χ3v) is 3.90. The summed E-state index contributed by atoms with van der Waals surface area (Å²) in [5.74, 6) is 0.171. The lowest BCUT2D eigenvalue weighted by Crippen LogP contribution is -2.44. The van der Waals surface area contributed by atoms with Crippen molar-refractivity contribution in [1.29, 1.82) is 0 Å². The average molecular weight is 316 g/mol. The van der Waals surface area contributed by atoms with Crippen molar-refractivity contribution in [3.8, 4) is 5.88 Å². The molecule has 1 aromatic heterocycles. The highest BCUT2D eigenvalue weighted by molar-refractivity contribution is 5.98. The Bertz CT molecular complexity index is 692. The standard InChI is InChI=1S/C18H24N2O3/c1-18(2,3)15(9-10-21)20-16(22)14-11-12-7-5-6-8-13(12)17(19-14)23-4/h5-8,11,15,21H,9-10H2,1-4H3,(H,20,22). The maximum Gasteiger partial charge on any atom is 0.270 e. The van der Waals surface area contributed by atoms with Crippen LogP contribution in [0.3, 0.4) is 0 Å². The Hall–Kier alpha value is -2.14. The molecule has 1 atom stereocenters. The number of nitrogens with one attached hydrogen (secondary N) is 1. The summed E-state index contributed by atoms with van der Waals surface area (Å²) in [7, 11) is 1.54. The number of hydrogen-bond donors (Lipinski definition) is 2. The van der Waals surface area contributed by atoms with E-state index in [-0.39, 0.29) is 24.0 Å². The highest BCUT2D eigenvalue weighted by Gasteiger charge is 2.26. The number of aliphatic hydroxyl groups excluding tert-OH is 1. The van der Waals surface area contributed by atoms with Crippen LogP contribution < -0.4 is 10.1 Å². The molecule has 124 valence electrons. The van der Waals surface area contributed by atoms with E-state index in [1.807, 2.05) is 45.0 Å². The maximum atomic E-state index is 12.6. The number of aromatic nitrogens is 1. The number of pyridine rings is 1. The number of hydrogen-bond acceptors (Lipinski definition) is 4. The summed E-state index contributed by atoms with van der Waals surface area (Å²) < 4.78 is 5.31. The van der Waals surface area contributed by atoms with Gasteiger partial charge in [0.05, 0.1) is 7.11 Å². The van der Waals surface area contributed by atoms with Crippen LogP contribution in [0.15, 0.2) is 30.3 Å². The summed E-state index contributed by atoms with van der Waals surface area (Å²) >= 11 is 0. The van der Waals surface area contributed by atoms with Crippen molar-refractivity contribution in [2.45, 2.75) is 33.2 Å². The Morgan fingerprint density at radius 2 is 2.04 bits per heavy atom. The number of rotatable bonds is 5. The van der Waals surface area contributed by atoms with Crippen molar-refractivity contribution in [3.05, 3.63) is 36.0 Å². The first-order valence-electron chi connectivity index (χ1n) is 7.72. The average Bonchev–Trinajstić information content (AvgIpc) is 2.52. The predicted octanol–water partition coefficient (Wildman–Crippen LogP) is 2.77. The fourth-order valence-electron chi connectivity index (χ4n) is 2.52. The van der Waals surface area contributed by atoms with E-state index in [0.717, 1.165) is 10.8 Å². The molecule has 5 heteroatoms. The molecule has 1 aromatic carbocycles. The Kier molecular flexibility index (Phi) is 5.21. The van der Waals surface area contributed by atoms with Gasteiger partial charge in [0, 0.05) is 18.0 Å². The number of nitrogens with zero attached hydrogens (tertiary/aromatic N) is 1. The first kappa shape index (κ1) is 17.2. The van der Waals surface area contributed by atoms with Crippen LogP contribution in [0.5, 0.6) is 5.88 Å². The van der Waals surface area contributed by atoms with E-state index in [1.165, 1.54) is 0 Å². The molecule has 0 spiro atoms. The lowest BCUT2D eigenvalue weighted by Gasteiger charge is -2.31. The number of amides is 1. The second kappa shape index (κ2) is 6.96. The van der Waals surface area contributed by atoms with Crippen LogP contribution in [0.2, 0.25) is 0 Å². The van der Waals surface area contributed by atoms with Crippen molar-refractivity contribution in [2.24, 2.45) is 5.41 Å². The molecule has 1 amide bonds. The molecule has 5 nitrogen and oxygen atoms in total.